The molecule has 20 heavy (non-hydrogen) atoms. The molecule has 1 aromatic carbocycles. The van der Waals surface area contributed by atoms with Gasteiger partial charge in [0, 0.05) is 17.2 Å². The minimum Gasteiger partial charge on any atom is -0.464 e. The summed E-state index contributed by atoms with van der Waals surface area (Å²) in [4.78, 5) is 23.6. The molecule has 0 amide bonds. The summed E-state index contributed by atoms with van der Waals surface area (Å²) in [5, 5.41) is 2.76. The highest BCUT2D eigenvalue weighted by molar-refractivity contribution is 6.03. The molecule has 0 spiro atoms. The second-order valence-corrected chi connectivity index (χ2v) is 5.30. The summed E-state index contributed by atoms with van der Waals surface area (Å²) in [7, 11) is 1.23. The van der Waals surface area contributed by atoms with E-state index in [1.807, 2.05) is 0 Å². The van der Waals surface area contributed by atoms with E-state index >= 15 is 0 Å². The number of allylic oxidation sites excluding steroid dienone is 1. The third-order valence-corrected chi connectivity index (χ3v) is 2.54. The summed E-state index contributed by atoms with van der Waals surface area (Å²) in [5.41, 5.74) is -0.104. The minimum absolute atomic E-state index is 0.0130. The summed E-state index contributed by atoms with van der Waals surface area (Å²) in [6, 6.07) is 5.44. The zero-order chi connectivity index (χ0) is 15.3. The number of methoxy groups -OCH3 is 1. The number of rotatable bonds is 4. The van der Waals surface area contributed by atoms with Gasteiger partial charge in [0.2, 0.25) is 0 Å². The maximum atomic E-state index is 12.8. The second-order valence-electron chi connectivity index (χ2n) is 5.30. The second kappa shape index (κ2) is 6.32. The van der Waals surface area contributed by atoms with Gasteiger partial charge in [0.05, 0.1) is 7.11 Å². The highest BCUT2D eigenvalue weighted by atomic mass is 19.1. The van der Waals surface area contributed by atoms with Gasteiger partial charge >= 0.3 is 5.97 Å². The Morgan fingerprint density at radius 2 is 1.75 bits per heavy atom. The molecule has 108 valence electrons. The molecule has 0 heterocycles. The molecular formula is C15H18FNO3. The van der Waals surface area contributed by atoms with Crippen molar-refractivity contribution in [2.24, 2.45) is 5.41 Å². The van der Waals surface area contributed by atoms with Crippen LogP contribution in [0.3, 0.4) is 0 Å². The van der Waals surface area contributed by atoms with Crippen LogP contribution in [0.25, 0.3) is 0 Å². The molecule has 0 aromatic heterocycles. The Kier molecular flexibility index (Phi) is 5.02. The van der Waals surface area contributed by atoms with Crippen molar-refractivity contribution in [3.05, 3.63) is 41.9 Å². The quantitative estimate of drug-likeness (QED) is 0.680. The molecule has 0 saturated carbocycles. The van der Waals surface area contributed by atoms with Gasteiger partial charge in [-0.15, -0.1) is 0 Å². The van der Waals surface area contributed by atoms with E-state index in [2.05, 4.69) is 10.1 Å². The van der Waals surface area contributed by atoms with Gasteiger partial charge < -0.3 is 10.1 Å². The van der Waals surface area contributed by atoms with Gasteiger partial charge in [-0.05, 0) is 24.3 Å². The molecule has 0 saturated heterocycles. The minimum atomic E-state index is -0.660. The fourth-order valence-electron chi connectivity index (χ4n) is 1.29. The van der Waals surface area contributed by atoms with Crippen LogP contribution in [0.15, 0.2) is 36.0 Å². The third kappa shape index (κ3) is 4.50. The summed E-state index contributed by atoms with van der Waals surface area (Å²) in [5.74, 6) is -1.26. The number of halogens is 1. The zero-order valence-electron chi connectivity index (χ0n) is 12.0. The lowest BCUT2D eigenvalue weighted by Crippen LogP contribution is -2.22. The average Bonchev–Trinajstić information content (AvgIpc) is 2.38. The maximum absolute atomic E-state index is 12.8. The van der Waals surface area contributed by atoms with Crippen molar-refractivity contribution in [2.75, 3.05) is 12.4 Å². The van der Waals surface area contributed by atoms with Crippen LogP contribution in [0.1, 0.15) is 20.8 Å². The lowest BCUT2D eigenvalue weighted by Gasteiger charge is -2.15. The van der Waals surface area contributed by atoms with Crippen molar-refractivity contribution in [1.82, 2.24) is 0 Å². The van der Waals surface area contributed by atoms with Gasteiger partial charge in [0.1, 0.15) is 11.5 Å². The smallest absolute Gasteiger partial charge is 0.354 e. The van der Waals surface area contributed by atoms with E-state index in [9.17, 15) is 14.0 Å². The number of carbonyl (C=O) groups excluding carboxylic acids is 2. The van der Waals surface area contributed by atoms with Crippen LogP contribution < -0.4 is 5.32 Å². The van der Waals surface area contributed by atoms with E-state index in [0.29, 0.717) is 5.69 Å². The van der Waals surface area contributed by atoms with Crippen LogP contribution in [0.5, 0.6) is 0 Å². The molecule has 0 aliphatic rings. The van der Waals surface area contributed by atoms with E-state index in [1.54, 1.807) is 20.8 Å². The molecule has 0 radical (unpaired) electrons. The molecule has 0 aliphatic carbocycles. The first-order chi connectivity index (χ1) is 9.24. The Labute approximate surface area is 117 Å². The first-order valence-electron chi connectivity index (χ1n) is 6.11. The number of hydrogen-bond donors (Lipinski definition) is 1. The van der Waals surface area contributed by atoms with E-state index < -0.39 is 11.4 Å². The van der Waals surface area contributed by atoms with Crippen molar-refractivity contribution in [3.8, 4) is 0 Å². The summed E-state index contributed by atoms with van der Waals surface area (Å²) in [6.45, 7) is 5.25. The Bertz CT molecular complexity index is 527. The van der Waals surface area contributed by atoms with Crippen LogP contribution in [0, 0.1) is 11.2 Å². The van der Waals surface area contributed by atoms with Crippen molar-refractivity contribution >= 4 is 17.4 Å². The first kappa shape index (κ1) is 15.9. The molecule has 0 unspecified atom stereocenters. The van der Waals surface area contributed by atoms with E-state index in [-0.39, 0.29) is 17.3 Å². The number of hydrogen-bond acceptors (Lipinski definition) is 4. The van der Waals surface area contributed by atoms with Gasteiger partial charge in [-0.1, -0.05) is 20.8 Å². The molecular weight excluding hydrogens is 261 g/mol. The highest BCUT2D eigenvalue weighted by Crippen LogP contribution is 2.18. The fraction of sp³-hybridized carbons (Fsp3) is 0.333. The van der Waals surface area contributed by atoms with Gasteiger partial charge in [-0.3, -0.25) is 4.79 Å². The number of carbonyl (C=O) groups is 2. The van der Waals surface area contributed by atoms with Crippen LogP contribution >= 0.6 is 0 Å². The molecule has 0 bridgehead atoms. The lowest BCUT2D eigenvalue weighted by molar-refractivity contribution is -0.136. The molecule has 4 nitrogen and oxygen atoms in total. The standard InChI is InChI=1S/C15H18FNO3/c1-15(2,3)13(18)9-12(14(19)20-4)17-11-7-5-10(16)6-8-11/h5-9,17H,1-4H3. The van der Waals surface area contributed by atoms with Crippen molar-refractivity contribution in [1.29, 1.82) is 0 Å². The number of ketones is 1. The van der Waals surface area contributed by atoms with Crippen molar-refractivity contribution in [3.63, 3.8) is 0 Å². The lowest BCUT2D eigenvalue weighted by atomic mass is 9.90. The zero-order valence-corrected chi connectivity index (χ0v) is 12.0. The normalized spacial score (nSPS) is 11.9. The van der Waals surface area contributed by atoms with E-state index in [1.165, 1.54) is 37.5 Å². The number of benzene rings is 1. The Balaban J connectivity index is 3.02. The largest absolute Gasteiger partial charge is 0.464 e. The monoisotopic (exact) mass is 279 g/mol. The Morgan fingerprint density at radius 1 is 1.20 bits per heavy atom. The highest BCUT2D eigenvalue weighted by Gasteiger charge is 2.22. The van der Waals surface area contributed by atoms with Crippen LogP contribution in [-0.2, 0) is 14.3 Å². The van der Waals surface area contributed by atoms with E-state index in [4.69, 9.17) is 0 Å². The third-order valence-electron chi connectivity index (χ3n) is 2.54. The summed E-state index contributed by atoms with van der Waals surface area (Å²) >= 11 is 0. The topological polar surface area (TPSA) is 55.4 Å². The number of ether oxygens (including phenoxy) is 1. The molecule has 5 heteroatoms. The molecule has 0 aliphatic heterocycles. The SMILES string of the molecule is COC(=O)C(=CC(=O)C(C)(C)C)Nc1ccc(F)cc1. The summed E-state index contributed by atoms with van der Waals surface area (Å²) < 4.78 is 17.5. The fourth-order valence-corrected chi connectivity index (χ4v) is 1.29. The van der Waals surface area contributed by atoms with Gasteiger partial charge in [-0.25, -0.2) is 9.18 Å². The molecule has 0 atom stereocenters. The molecule has 1 N–H and O–H groups in total. The molecule has 1 aromatic rings. The average molecular weight is 279 g/mol. The van der Waals surface area contributed by atoms with Crippen molar-refractivity contribution < 1.29 is 18.7 Å². The number of anilines is 1. The summed E-state index contributed by atoms with van der Waals surface area (Å²) in [6.07, 6.45) is 1.20. The van der Waals surface area contributed by atoms with Crippen LogP contribution in [0.4, 0.5) is 10.1 Å². The van der Waals surface area contributed by atoms with Gasteiger partial charge in [0.15, 0.2) is 5.78 Å². The predicted octanol–water partition coefficient (Wildman–Crippen LogP) is 2.91. The Hall–Kier alpha value is -2.17. The van der Waals surface area contributed by atoms with E-state index in [0.717, 1.165) is 0 Å². The van der Waals surface area contributed by atoms with Gasteiger partial charge in [0.25, 0.3) is 0 Å². The number of esters is 1. The van der Waals surface area contributed by atoms with Crippen LogP contribution in [0.2, 0.25) is 0 Å². The molecule has 1 rings (SSSR count). The van der Waals surface area contributed by atoms with Crippen molar-refractivity contribution in [2.45, 2.75) is 20.8 Å². The Morgan fingerprint density at radius 3 is 2.20 bits per heavy atom. The number of nitrogens with one attached hydrogen (secondary N) is 1. The maximum Gasteiger partial charge on any atom is 0.354 e. The predicted molar refractivity (Wildman–Crippen MR) is 74.6 cm³/mol. The first-order valence-corrected chi connectivity index (χ1v) is 6.11. The van der Waals surface area contributed by atoms with Gasteiger partial charge in [-0.2, -0.15) is 0 Å². The molecule has 0 fully saturated rings. The van der Waals surface area contributed by atoms with Crippen LogP contribution in [-0.4, -0.2) is 18.9 Å².